The third kappa shape index (κ3) is 11.3. The summed E-state index contributed by atoms with van der Waals surface area (Å²) in [6, 6.07) is 4.93. The summed E-state index contributed by atoms with van der Waals surface area (Å²) in [4.78, 5) is 57.1. The van der Waals surface area contributed by atoms with Crippen LogP contribution in [0.15, 0.2) is 36.1 Å². The quantitative estimate of drug-likeness (QED) is 0.145. The molecule has 5 N–H and O–H groups in total. The molecule has 1 atom stereocenters. The molecular formula is C22H28N2O9. The minimum atomic E-state index is -1.55. The molecule has 0 heterocycles. The van der Waals surface area contributed by atoms with Crippen LogP contribution in [-0.4, -0.2) is 57.6 Å². The average molecular weight is 464 g/mol. The van der Waals surface area contributed by atoms with E-state index in [9.17, 15) is 24.0 Å². The van der Waals surface area contributed by atoms with Gasteiger partial charge in [-0.15, -0.1) is 0 Å². The van der Waals surface area contributed by atoms with Gasteiger partial charge in [0.15, 0.2) is 0 Å². The third-order valence-electron chi connectivity index (χ3n) is 4.35. The Hall–Kier alpha value is -3.89. The van der Waals surface area contributed by atoms with Crippen LogP contribution >= 0.6 is 0 Å². The molecule has 33 heavy (non-hydrogen) atoms. The topological polar surface area (TPSA) is 179 Å². The van der Waals surface area contributed by atoms with Gasteiger partial charge in [-0.3, -0.25) is 14.4 Å². The van der Waals surface area contributed by atoms with E-state index in [0.29, 0.717) is 18.2 Å². The molecule has 0 saturated carbocycles. The lowest BCUT2D eigenvalue weighted by Gasteiger charge is -2.19. The van der Waals surface area contributed by atoms with Crippen molar-refractivity contribution in [2.75, 3.05) is 6.54 Å². The highest BCUT2D eigenvalue weighted by molar-refractivity contribution is 5.93. The predicted octanol–water partition coefficient (Wildman–Crippen LogP) is 1.32. The fourth-order valence-corrected chi connectivity index (χ4v) is 2.71. The van der Waals surface area contributed by atoms with E-state index in [1.54, 1.807) is 0 Å². The van der Waals surface area contributed by atoms with Crippen molar-refractivity contribution >= 4 is 29.7 Å². The molecule has 1 aromatic carbocycles. The zero-order chi connectivity index (χ0) is 24.8. The molecule has 0 aliphatic carbocycles. The molecule has 11 heteroatoms. The highest BCUT2D eigenvalue weighted by Gasteiger charge is 2.21. The molecule has 0 aromatic heterocycles. The van der Waals surface area contributed by atoms with Crippen LogP contribution in [0.25, 0.3) is 0 Å². The Balaban J connectivity index is 2.88. The second-order valence-electron chi connectivity index (χ2n) is 7.11. The van der Waals surface area contributed by atoms with Crippen molar-refractivity contribution in [3.05, 3.63) is 41.7 Å². The van der Waals surface area contributed by atoms with Crippen molar-refractivity contribution in [3.63, 3.8) is 0 Å². The van der Waals surface area contributed by atoms with E-state index in [0.717, 1.165) is 19.3 Å². The first-order valence-corrected chi connectivity index (χ1v) is 10.4. The van der Waals surface area contributed by atoms with Crippen molar-refractivity contribution in [1.29, 1.82) is 0 Å². The van der Waals surface area contributed by atoms with Crippen LogP contribution in [-0.2, 0) is 30.4 Å². The SMILES string of the molecule is CCCCCNC(=O)C(Cc1ccc(OC(=CC(=O)O)C(=O)O)cc1)NC(=O)CCC(=O)O. The second-order valence-corrected chi connectivity index (χ2v) is 7.11. The number of ether oxygens (including phenoxy) is 1. The number of nitrogens with one attached hydrogen (secondary N) is 2. The van der Waals surface area contributed by atoms with Gasteiger partial charge in [0.2, 0.25) is 17.6 Å². The highest BCUT2D eigenvalue weighted by atomic mass is 16.5. The number of carbonyl (C=O) groups is 5. The maximum atomic E-state index is 12.6. The maximum absolute atomic E-state index is 12.6. The van der Waals surface area contributed by atoms with Crippen LogP contribution in [0.3, 0.4) is 0 Å². The zero-order valence-electron chi connectivity index (χ0n) is 18.2. The Bertz CT molecular complexity index is 878. The molecule has 0 fully saturated rings. The van der Waals surface area contributed by atoms with Crippen molar-refractivity contribution in [2.24, 2.45) is 0 Å². The number of benzene rings is 1. The van der Waals surface area contributed by atoms with E-state index in [2.05, 4.69) is 10.6 Å². The van der Waals surface area contributed by atoms with Gasteiger partial charge in [0, 0.05) is 19.4 Å². The van der Waals surface area contributed by atoms with Crippen molar-refractivity contribution in [3.8, 4) is 5.75 Å². The first kappa shape index (κ1) is 27.1. The monoisotopic (exact) mass is 464 g/mol. The summed E-state index contributed by atoms with van der Waals surface area (Å²) in [5.41, 5.74) is 0.605. The Kier molecular flexibility index (Phi) is 11.7. The van der Waals surface area contributed by atoms with Gasteiger partial charge in [-0.05, 0) is 24.1 Å². The standard InChI is InChI=1S/C22H28N2O9/c1-2-3-4-11-23-21(30)16(24-18(25)9-10-19(26)27)12-14-5-7-15(8-6-14)33-17(22(31)32)13-20(28)29/h5-8,13,16H,2-4,9-12H2,1H3,(H,23,30)(H,24,25)(H,26,27)(H,28,29)(H,31,32). The second kappa shape index (κ2) is 14.2. The fraction of sp³-hybridized carbons (Fsp3) is 0.409. The number of rotatable bonds is 15. The summed E-state index contributed by atoms with van der Waals surface area (Å²) in [5.74, 6) is -5.84. The number of amides is 2. The van der Waals surface area contributed by atoms with Crippen LogP contribution in [0.2, 0.25) is 0 Å². The smallest absolute Gasteiger partial charge is 0.372 e. The summed E-state index contributed by atoms with van der Waals surface area (Å²) >= 11 is 0. The molecule has 0 aliphatic heterocycles. The van der Waals surface area contributed by atoms with Crippen molar-refractivity contribution < 1.29 is 44.0 Å². The minimum absolute atomic E-state index is 0.0692. The molecule has 0 bridgehead atoms. The van der Waals surface area contributed by atoms with E-state index in [1.165, 1.54) is 24.3 Å². The number of unbranched alkanes of at least 4 members (excludes halogenated alkanes) is 2. The van der Waals surface area contributed by atoms with Gasteiger partial charge in [0.05, 0.1) is 12.5 Å². The molecular weight excluding hydrogens is 436 g/mol. The van der Waals surface area contributed by atoms with Crippen molar-refractivity contribution in [1.82, 2.24) is 10.6 Å². The molecule has 2 amide bonds. The van der Waals surface area contributed by atoms with E-state index < -0.39 is 41.5 Å². The summed E-state index contributed by atoms with van der Waals surface area (Å²) in [6.45, 7) is 2.46. The lowest BCUT2D eigenvalue weighted by Crippen LogP contribution is -2.48. The van der Waals surface area contributed by atoms with Crippen LogP contribution in [0.5, 0.6) is 5.75 Å². The number of carbonyl (C=O) groups excluding carboxylic acids is 2. The molecule has 0 radical (unpaired) electrons. The summed E-state index contributed by atoms with van der Waals surface area (Å²) in [5, 5.41) is 31.8. The van der Waals surface area contributed by atoms with Gasteiger partial charge in [0.25, 0.3) is 0 Å². The molecule has 1 rings (SSSR count). The Morgan fingerprint density at radius 1 is 1.00 bits per heavy atom. The first-order valence-electron chi connectivity index (χ1n) is 10.4. The number of carboxylic acids is 3. The zero-order valence-corrected chi connectivity index (χ0v) is 18.2. The third-order valence-corrected chi connectivity index (χ3v) is 4.35. The molecule has 1 unspecified atom stereocenters. The van der Waals surface area contributed by atoms with Crippen LogP contribution in [0.4, 0.5) is 0 Å². The van der Waals surface area contributed by atoms with Gasteiger partial charge in [-0.2, -0.15) is 0 Å². The normalized spacial score (nSPS) is 11.8. The Morgan fingerprint density at radius 2 is 1.67 bits per heavy atom. The number of carboxylic acid groups (broad SMARTS) is 3. The van der Waals surface area contributed by atoms with Gasteiger partial charge in [0.1, 0.15) is 11.8 Å². The molecule has 0 saturated heterocycles. The summed E-state index contributed by atoms with van der Waals surface area (Å²) in [7, 11) is 0. The van der Waals surface area contributed by atoms with Gasteiger partial charge in [-0.1, -0.05) is 31.9 Å². The minimum Gasteiger partial charge on any atom is -0.481 e. The number of hydrogen-bond donors (Lipinski definition) is 5. The predicted molar refractivity (Wildman–Crippen MR) is 115 cm³/mol. The van der Waals surface area contributed by atoms with E-state index >= 15 is 0 Å². The van der Waals surface area contributed by atoms with Gasteiger partial charge < -0.3 is 30.7 Å². The van der Waals surface area contributed by atoms with E-state index in [1.807, 2.05) is 6.92 Å². The van der Waals surface area contributed by atoms with Crippen LogP contribution < -0.4 is 15.4 Å². The first-order chi connectivity index (χ1) is 15.6. The molecule has 11 nitrogen and oxygen atoms in total. The van der Waals surface area contributed by atoms with E-state index in [4.69, 9.17) is 20.1 Å². The van der Waals surface area contributed by atoms with Gasteiger partial charge >= 0.3 is 17.9 Å². The van der Waals surface area contributed by atoms with Crippen LogP contribution in [0.1, 0.15) is 44.6 Å². The van der Waals surface area contributed by atoms with E-state index in [-0.39, 0.29) is 25.0 Å². The summed E-state index contributed by atoms with van der Waals surface area (Å²) in [6.07, 6.45) is 2.58. The Labute approximate surface area is 190 Å². The lowest BCUT2D eigenvalue weighted by molar-refractivity contribution is -0.139. The van der Waals surface area contributed by atoms with Crippen LogP contribution in [0, 0.1) is 0 Å². The molecule has 180 valence electrons. The number of aliphatic carboxylic acids is 3. The average Bonchev–Trinajstić information content (AvgIpc) is 2.75. The Morgan fingerprint density at radius 3 is 2.21 bits per heavy atom. The number of hydrogen-bond acceptors (Lipinski definition) is 6. The maximum Gasteiger partial charge on any atom is 0.372 e. The fourth-order valence-electron chi connectivity index (χ4n) is 2.71. The molecule has 1 aromatic rings. The highest BCUT2D eigenvalue weighted by Crippen LogP contribution is 2.17. The molecule has 0 spiro atoms. The van der Waals surface area contributed by atoms with Crippen molar-refractivity contribution in [2.45, 2.75) is 51.5 Å². The summed E-state index contributed by atoms with van der Waals surface area (Å²) < 4.78 is 5.07. The lowest BCUT2D eigenvalue weighted by atomic mass is 10.0. The van der Waals surface area contributed by atoms with Gasteiger partial charge in [-0.25, -0.2) is 9.59 Å². The largest absolute Gasteiger partial charge is 0.481 e. The molecule has 0 aliphatic rings.